The topological polar surface area (TPSA) is 65.2 Å². The number of carbonyl (C=O) groups is 1. The number of aromatic nitrogens is 2. The summed E-state index contributed by atoms with van der Waals surface area (Å²) in [5, 5.41) is 3.64. The van der Waals surface area contributed by atoms with Gasteiger partial charge in [-0.2, -0.15) is 4.98 Å². The number of unbranched alkanes of at least 4 members (excludes halogenated alkanes) is 2. The molecular weight excluding hydrogens is 208 g/mol. The van der Waals surface area contributed by atoms with E-state index in [1.807, 2.05) is 0 Å². The molecule has 0 saturated carbocycles. The Kier molecular flexibility index (Phi) is 4.95. The Morgan fingerprint density at radius 2 is 2.25 bits per heavy atom. The van der Waals surface area contributed by atoms with Gasteiger partial charge in [0.15, 0.2) is 11.9 Å². The Hall–Kier alpha value is -1.39. The summed E-state index contributed by atoms with van der Waals surface area (Å²) in [6.07, 6.45) is 2.99. The van der Waals surface area contributed by atoms with Gasteiger partial charge in [-0.05, 0) is 20.3 Å². The number of rotatable bonds is 6. The van der Waals surface area contributed by atoms with Gasteiger partial charge in [0.25, 0.3) is 5.89 Å². The molecule has 1 heterocycles. The standard InChI is InChI=1S/C11H18N2O3/c1-4-5-6-7-10(14)15-8(2)11-12-9(3)13-16-11/h8H,4-7H2,1-3H3. The SMILES string of the molecule is CCCCCC(=O)OC(C)c1nc(C)no1. The van der Waals surface area contributed by atoms with Gasteiger partial charge >= 0.3 is 5.97 Å². The summed E-state index contributed by atoms with van der Waals surface area (Å²) in [7, 11) is 0. The second-order valence-electron chi connectivity index (χ2n) is 3.77. The summed E-state index contributed by atoms with van der Waals surface area (Å²) in [4.78, 5) is 15.4. The maximum atomic E-state index is 11.4. The molecule has 0 radical (unpaired) electrons. The number of esters is 1. The molecule has 1 unspecified atom stereocenters. The van der Waals surface area contributed by atoms with Crippen LogP contribution in [0.3, 0.4) is 0 Å². The monoisotopic (exact) mass is 226 g/mol. The van der Waals surface area contributed by atoms with Crippen molar-refractivity contribution in [3.63, 3.8) is 0 Å². The van der Waals surface area contributed by atoms with Crippen molar-refractivity contribution >= 4 is 5.97 Å². The van der Waals surface area contributed by atoms with E-state index in [0.29, 0.717) is 18.1 Å². The van der Waals surface area contributed by atoms with Crippen molar-refractivity contribution in [1.29, 1.82) is 0 Å². The van der Waals surface area contributed by atoms with Crippen molar-refractivity contribution in [2.75, 3.05) is 0 Å². The fraction of sp³-hybridized carbons (Fsp3) is 0.727. The summed E-state index contributed by atoms with van der Waals surface area (Å²) in [6, 6.07) is 0. The number of ether oxygens (including phenoxy) is 1. The zero-order chi connectivity index (χ0) is 12.0. The van der Waals surface area contributed by atoms with Gasteiger partial charge in [-0.3, -0.25) is 4.79 Å². The zero-order valence-electron chi connectivity index (χ0n) is 10.0. The quantitative estimate of drug-likeness (QED) is 0.551. The van der Waals surface area contributed by atoms with E-state index in [4.69, 9.17) is 9.26 Å². The summed E-state index contributed by atoms with van der Waals surface area (Å²) in [6.45, 7) is 5.54. The van der Waals surface area contributed by atoms with E-state index in [0.717, 1.165) is 19.3 Å². The third-order valence-corrected chi connectivity index (χ3v) is 2.18. The second kappa shape index (κ2) is 6.25. The first-order valence-corrected chi connectivity index (χ1v) is 5.63. The lowest BCUT2D eigenvalue weighted by Gasteiger charge is -2.08. The van der Waals surface area contributed by atoms with Gasteiger partial charge in [-0.25, -0.2) is 0 Å². The van der Waals surface area contributed by atoms with Crippen LogP contribution >= 0.6 is 0 Å². The molecule has 1 aromatic heterocycles. The van der Waals surface area contributed by atoms with Crippen molar-refractivity contribution < 1.29 is 14.1 Å². The fourth-order valence-electron chi connectivity index (χ4n) is 1.30. The van der Waals surface area contributed by atoms with E-state index in [9.17, 15) is 4.79 Å². The predicted molar refractivity (Wildman–Crippen MR) is 57.7 cm³/mol. The van der Waals surface area contributed by atoms with Crippen LogP contribution in [0.5, 0.6) is 0 Å². The van der Waals surface area contributed by atoms with Gasteiger partial charge < -0.3 is 9.26 Å². The van der Waals surface area contributed by atoms with Crippen molar-refractivity contribution in [3.8, 4) is 0 Å². The molecule has 1 aromatic rings. The van der Waals surface area contributed by atoms with E-state index in [1.165, 1.54) is 0 Å². The maximum absolute atomic E-state index is 11.4. The molecule has 0 aromatic carbocycles. The van der Waals surface area contributed by atoms with Crippen molar-refractivity contribution in [3.05, 3.63) is 11.7 Å². The van der Waals surface area contributed by atoms with Crippen LogP contribution in [0, 0.1) is 6.92 Å². The van der Waals surface area contributed by atoms with Crippen LogP contribution in [-0.4, -0.2) is 16.1 Å². The Bertz CT molecular complexity index is 336. The Labute approximate surface area is 95.2 Å². The lowest BCUT2D eigenvalue weighted by atomic mass is 10.2. The third kappa shape index (κ3) is 4.00. The van der Waals surface area contributed by atoms with Gasteiger partial charge in [-0.15, -0.1) is 0 Å². The Morgan fingerprint density at radius 3 is 2.81 bits per heavy atom. The van der Waals surface area contributed by atoms with E-state index < -0.39 is 6.10 Å². The van der Waals surface area contributed by atoms with Crippen molar-refractivity contribution in [1.82, 2.24) is 10.1 Å². The van der Waals surface area contributed by atoms with Crippen molar-refractivity contribution in [2.45, 2.75) is 52.6 Å². The van der Waals surface area contributed by atoms with Gasteiger partial charge in [0.05, 0.1) is 0 Å². The highest BCUT2D eigenvalue weighted by molar-refractivity contribution is 5.69. The first kappa shape index (κ1) is 12.7. The maximum Gasteiger partial charge on any atom is 0.306 e. The number of carbonyl (C=O) groups excluding carboxylic acids is 1. The molecule has 0 aliphatic heterocycles. The van der Waals surface area contributed by atoms with Gasteiger partial charge in [0.1, 0.15) is 0 Å². The van der Waals surface area contributed by atoms with Crippen LogP contribution in [0.1, 0.15) is 57.3 Å². The number of aryl methyl sites for hydroxylation is 1. The largest absolute Gasteiger partial charge is 0.453 e. The Balaban J connectivity index is 2.33. The highest BCUT2D eigenvalue weighted by Crippen LogP contribution is 2.15. The van der Waals surface area contributed by atoms with Crippen LogP contribution in [0.15, 0.2) is 4.52 Å². The minimum Gasteiger partial charge on any atom is -0.453 e. The van der Waals surface area contributed by atoms with E-state index >= 15 is 0 Å². The zero-order valence-corrected chi connectivity index (χ0v) is 10.0. The van der Waals surface area contributed by atoms with Crippen molar-refractivity contribution in [2.24, 2.45) is 0 Å². The number of hydrogen-bond acceptors (Lipinski definition) is 5. The average Bonchev–Trinajstić information content (AvgIpc) is 2.65. The minimum absolute atomic E-state index is 0.211. The molecule has 0 amide bonds. The molecule has 5 nitrogen and oxygen atoms in total. The lowest BCUT2D eigenvalue weighted by molar-refractivity contribution is -0.149. The molecule has 0 N–H and O–H groups in total. The van der Waals surface area contributed by atoms with E-state index in [2.05, 4.69) is 17.1 Å². The molecule has 0 saturated heterocycles. The first-order chi connectivity index (χ1) is 7.63. The van der Waals surface area contributed by atoms with E-state index in [-0.39, 0.29) is 5.97 Å². The lowest BCUT2D eigenvalue weighted by Crippen LogP contribution is -2.08. The highest BCUT2D eigenvalue weighted by Gasteiger charge is 2.17. The van der Waals surface area contributed by atoms with Crippen LogP contribution in [0.25, 0.3) is 0 Å². The average molecular weight is 226 g/mol. The predicted octanol–water partition coefficient (Wildman–Crippen LogP) is 2.56. The number of hydrogen-bond donors (Lipinski definition) is 0. The smallest absolute Gasteiger partial charge is 0.306 e. The summed E-state index contributed by atoms with van der Waals surface area (Å²) in [5.74, 6) is 0.682. The fourth-order valence-corrected chi connectivity index (χ4v) is 1.30. The van der Waals surface area contributed by atoms with Crippen LogP contribution in [-0.2, 0) is 9.53 Å². The van der Waals surface area contributed by atoms with Crippen LogP contribution in [0.2, 0.25) is 0 Å². The molecule has 5 heteroatoms. The second-order valence-corrected chi connectivity index (χ2v) is 3.77. The molecule has 0 bridgehead atoms. The third-order valence-electron chi connectivity index (χ3n) is 2.18. The minimum atomic E-state index is -0.463. The molecule has 90 valence electrons. The number of nitrogens with zero attached hydrogens (tertiary/aromatic N) is 2. The molecular formula is C11H18N2O3. The first-order valence-electron chi connectivity index (χ1n) is 5.63. The highest BCUT2D eigenvalue weighted by atomic mass is 16.6. The normalized spacial score (nSPS) is 12.4. The van der Waals surface area contributed by atoms with Crippen LogP contribution in [0.4, 0.5) is 0 Å². The molecule has 16 heavy (non-hydrogen) atoms. The Morgan fingerprint density at radius 1 is 1.50 bits per heavy atom. The van der Waals surface area contributed by atoms with Gasteiger partial charge in [0, 0.05) is 6.42 Å². The molecule has 1 rings (SSSR count). The molecule has 0 spiro atoms. The van der Waals surface area contributed by atoms with E-state index in [1.54, 1.807) is 13.8 Å². The van der Waals surface area contributed by atoms with Crippen LogP contribution < -0.4 is 0 Å². The summed E-state index contributed by atoms with van der Waals surface area (Å²) >= 11 is 0. The molecule has 0 aliphatic rings. The summed E-state index contributed by atoms with van der Waals surface area (Å²) < 4.78 is 10.1. The van der Waals surface area contributed by atoms with Gasteiger partial charge in [0.2, 0.25) is 0 Å². The molecule has 1 atom stereocenters. The molecule has 0 aliphatic carbocycles. The molecule has 0 fully saturated rings. The summed E-state index contributed by atoms with van der Waals surface area (Å²) in [5.41, 5.74) is 0. The van der Waals surface area contributed by atoms with Gasteiger partial charge in [-0.1, -0.05) is 24.9 Å².